The summed E-state index contributed by atoms with van der Waals surface area (Å²) < 4.78 is 2.69. The van der Waals surface area contributed by atoms with Gasteiger partial charge in [-0.25, -0.2) is 9.36 Å². The van der Waals surface area contributed by atoms with Crippen LogP contribution in [0.4, 0.5) is 5.69 Å². The van der Waals surface area contributed by atoms with Crippen molar-refractivity contribution in [3.63, 3.8) is 0 Å². The molecule has 152 valence electrons. The lowest BCUT2D eigenvalue weighted by Crippen LogP contribution is -2.31. The van der Waals surface area contributed by atoms with Gasteiger partial charge in [-0.05, 0) is 56.2 Å². The van der Waals surface area contributed by atoms with E-state index >= 15 is 0 Å². The Kier molecular flexibility index (Phi) is 5.13. The molecule has 0 radical (unpaired) electrons. The predicted octanol–water partition coefficient (Wildman–Crippen LogP) is 3.80. The van der Waals surface area contributed by atoms with E-state index in [1.807, 2.05) is 38.1 Å². The standard InChI is InChI=1S/C22H20ClN5O2/c1-13-6-4-9-19(14(13)2)25-20(29)12-27-22(30)21-18(15(3)26-27)11-24-28(21)17-8-5-7-16(23)10-17/h4-11H,12H2,1-3H3,(H,25,29). The van der Waals surface area contributed by atoms with Gasteiger partial charge in [-0.15, -0.1) is 0 Å². The summed E-state index contributed by atoms with van der Waals surface area (Å²) in [6.07, 6.45) is 1.60. The summed E-state index contributed by atoms with van der Waals surface area (Å²) in [6, 6.07) is 12.8. The van der Waals surface area contributed by atoms with Gasteiger partial charge in [-0.3, -0.25) is 9.59 Å². The highest BCUT2D eigenvalue weighted by molar-refractivity contribution is 6.30. The minimum Gasteiger partial charge on any atom is -0.324 e. The first-order chi connectivity index (χ1) is 14.3. The van der Waals surface area contributed by atoms with E-state index in [-0.39, 0.29) is 12.5 Å². The monoisotopic (exact) mass is 421 g/mol. The summed E-state index contributed by atoms with van der Waals surface area (Å²) in [7, 11) is 0. The van der Waals surface area contributed by atoms with Crippen LogP contribution in [0.1, 0.15) is 16.8 Å². The van der Waals surface area contributed by atoms with Gasteiger partial charge in [0, 0.05) is 16.1 Å². The quantitative estimate of drug-likeness (QED) is 0.543. The fourth-order valence-electron chi connectivity index (χ4n) is 3.34. The van der Waals surface area contributed by atoms with Crippen molar-refractivity contribution in [1.82, 2.24) is 19.6 Å². The first-order valence-electron chi connectivity index (χ1n) is 9.42. The van der Waals surface area contributed by atoms with E-state index in [0.717, 1.165) is 16.8 Å². The van der Waals surface area contributed by atoms with Crippen LogP contribution in [0.25, 0.3) is 16.6 Å². The van der Waals surface area contributed by atoms with Crippen LogP contribution in [0.5, 0.6) is 0 Å². The van der Waals surface area contributed by atoms with Gasteiger partial charge in [-0.2, -0.15) is 10.2 Å². The second-order valence-corrected chi connectivity index (χ2v) is 7.58. The van der Waals surface area contributed by atoms with Crippen LogP contribution in [0.2, 0.25) is 5.02 Å². The van der Waals surface area contributed by atoms with Crippen LogP contribution in [-0.4, -0.2) is 25.5 Å². The number of carbonyl (C=O) groups excluding carboxylic acids is 1. The number of nitrogens with zero attached hydrogens (tertiary/aromatic N) is 4. The SMILES string of the molecule is Cc1cccc(NC(=O)Cn2nc(C)c3cnn(-c4cccc(Cl)c4)c3c2=O)c1C. The topological polar surface area (TPSA) is 81.8 Å². The van der Waals surface area contributed by atoms with Crippen molar-refractivity contribution in [3.8, 4) is 5.69 Å². The molecular formula is C22H20ClN5O2. The summed E-state index contributed by atoms with van der Waals surface area (Å²) in [5, 5.41) is 12.7. The first-order valence-corrected chi connectivity index (χ1v) is 9.80. The van der Waals surface area contributed by atoms with Crippen LogP contribution in [-0.2, 0) is 11.3 Å². The number of hydrogen-bond acceptors (Lipinski definition) is 4. The number of benzene rings is 2. The lowest BCUT2D eigenvalue weighted by Gasteiger charge is -2.12. The molecule has 0 bridgehead atoms. The Morgan fingerprint density at radius 3 is 2.67 bits per heavy atom. The molecule has 7 nitrogen and oxygen atoms in total. The van der Waals surface area contributed by atoms with Gasteiger partial charge in [0.25, 0.3) is 5.56 Å². The highest BCUT2D eigenvalue weighted by atomic mass is 35.5. The molecule has 4 aromatic rings. The number of nitrogens with one attached hydrogen (secondary N) is 1. The zero-order valence-corrected chi connectivity index (χ0v) is 17.6. The number of rotatable bonds is 4. The van der Waals surface area contributed by atoms with Gasteiger partial charge in [0.15, 0.2) is 0 Å². The number of anilines is 1. The average Bonchev–Trinajstić information content (AvgIpc) is 3.15. The smallest absolute Gasteiger partial charge is 0.293 e. The molecule has 0 fully saturated rings. The minimum atomic E-state index is -0.399. The Balaban J connectivity index is 1.72. The van der Waals surface area contributed by atoms with Crippen LogP contribution < -0.4 is 10.9 Å². The maximum Gasteiger partial charge on any atom is 0.293 e. The Morgan fingerprint density at radius 2 is 1.90 bits per heavy atom. The molecule has 0 aliphatic carbocycles. The van der Waals surface area contributed by atoms with Crippen molar-refractivity contribution < 1.29 is 4.79 Å². The number of aromatic nitrogens is 4. The molecule has 4 rings (SSSR count). The van der Waals surface area contributed by atoms with Gasteiger partial charge in [0.1, 0.15) is 12.1 Å². The summed E-state index contributed by atoms with van der Waals surface area (Å²) in [4.78, 5) is 25.8. The zero-order chi connectivity index (χ0) is 21.4. The van der Waals surface area contributed by atoms with Crippen molar-refractivity contribution >= 4 is 34.1 Å². The molecule has 1 amide bonds. The van der Waals surface area contributed by atoms with E-state index in [1.165, 1.54) is 9.36 Å². The van der Waals surface area contributed by atoms with E-state index in [4.69, 9.17) is 11.6 Å². The third-order valence-electron chi connectivity index (χ3n) is 5.09. The van der Waals surface area contributed by atoms with E-state index < -0.39 is 5.56 Å². The van der Waals surface area contributed by atoms with Crippen LogP contribution >= 0.6 is 11.6 Å². The van der Waals surface area contributed by atoms with E-state index in [9.17, 15) is 9.59 Å². The molecular weight excluding hydrogens is 402 g/mol. The minimum absolute atomic E-state index is 0.205. The van der Waals surface area contributed by atoms with Crippen molar-refractivity contribution in [2.75, 3.05) is 5.32 Å². The summed E-state index contributed by atoms with van der Waals surface area (Å²) in [5.41, 5.74) is 4.00. The number of aryl methyl sites for hydroxylation is 2. The molecule has 1 N–H and O–H groups in total. The second-order valence-electron chi connectivity index (χ2n) is 7.14. The summed E-state index contributed by atoms with van der Waals surface area (Å²) >= 11 is 6.10. The first kappa shape index (κ1) is 19.8. The van der Waals surface area contributed by atoms with E-state index in [2.05, 4.69) is 15.5 Å². The third kappa shape index (κ3) is 3.59. The molecule has 2 aromatic heterocycles. The number of amides is 1. The molecule has 8 heteroatoms. The Hall–Kier alpha value is -3.45. The number of hydrogen-bond donors (Lipinski definition) is 1. The van der Waals surface area contributed by atoms with Crippen LogP contribution in [0, 0.1) is 20.8 Å². The molecule has 0 spiro atoms. The normalized spacial score (nSPS) is 11.1. The van der Waals surface area contributed by atoms with Crippen molar-refractivity contribution in [3.05, 3.63) is 80.9 Å². The molecule has 0 unspecified atom stereocenters. The third-order valence-corrected chi connectivity index (χ3v) is 5.33. The fourth-order valence-corrected chi connectivity index (χ4v) is 3.53. The number of halogens is 1. The fraction of sp³-hybridized carbons (Fsp3) is 0.182. The van der Waals surface area contributed by atoms with Crippen molar-refractivity contribution in [1.29, 1.82) is 0 Å². The Morgan fingerprint density at radius 1 is 1.13 bits per heavy atom. The van der Waals surface area contributed by atoms with Crippen LogP contribution in [0.3, 0.4) is 0 Å². The maximum atomic E-state index is 13.2. The van der Waals surface area contributed by atoms with Gasteiger partial charge in [-0.1, -0.05) is 29.8 Å². The second kappa shape index (κ2) is 7.76. The molecule has 0 aliphatic rings. The van der Waals surface area contributed by atoms with Gasteiger partial charge >= 0.3 is 0 Å². The molecule has 2 heterocycles. The van der Waals surface area contributed by atoms with Crippen molar-refractivity contribution in [2.24, 2.45) is 0 Å². The summed E-state index contributed by atoms with van der Waals surface area (Å²) in [5.74, 6) is -0.328. The number of fused-ring (bicyclic) bond motifs is 1. The Bertz CT molecular complexity index is 1340. The average molecular weight is 422 g/mol. The van der Waals surface area contributed by atoms with E-state index in [1.54, 1.807) is 31.3 Å². The lowest BCUT2D eigenvalue weighted by molar-refractivity contribution is -0.117. The molecule has 2 aromatic carbocycles. The van der Waals surface area contributed by atoms with Crippen molar-refractivity contribution in [2.45, 2.75) is 27.3 Å². The highest BCUT2D eigenvalue weighted by Crippen LogP contribution is 2.20. The zero-order valence-electron chi connectivity index (χ0n) is 16.8. The summed E-state index contributed by atoms with van der Waals surface area (Å²) in [6.45, 7) is 5.50. The van der Waals surface area contributed by atoms with Gasteiger partial charge < -0.3 is 5.32 Å². The predicted molar refractivity (Wildman–Crippen MR) is 117 cm³/mol. The molecule has 0 saturated heterocycles. The molecule has 0 aliphatic heterocycles. The molecule has 0 saturated carbocycles. The number of carbonyl (C=O) groups is 1. The Labute approximate surface area is 177 Å². The van der Waals surface area contributed by atoms with Gasteiger partial charge in [0.2, 0.25) is 5.91 Å². The van der Waals surface area contributed by atoms with Gasteiger partial charge in [0.05, 0.1) is 17.6 Å². The van der Waals surface area contributed by atoms with Crippen LogP contribution in [0.15, 0.2) is 53.5 Å². The lowest BCUT2D eigenvalue weighted by atomic mass is 10.1. The van der Waals surface area contributed by atoms with E-state index in [0.29, 0.717) is 27.3 Å². The highest BCUT2D eigenvalue weighted by Gasteiger charge is 2.17. The maximum absolute atomic E-state index is 13.2. The molecule has 30 heavy (non-hydrogen) atoms. The largest absolute Gasteiger partial charge is 0.324 e. The molecule has 0 atom stereocenters.